The molecule has 0 aromatic heterocycles. The van der Waals surface area contributed by atoms with E-state index < -0.39 is 0 Å². The van der Waals surface area contributed by atoms with Gasteiger partial charge in [-0.3, -0.25) is 0 Å². The zero-order valence-electron chi connectivity index (χ0n) is 15.2. The number of aryl methyl sites for hydroxylation is 4. The molecule has 3 rings (SSSR count). The Bertz CT molecular complexity index is 649. The van der Waals surface area contributed by atoms with Gasteiger partial charge in [0, 0.05) is 0 Å². The van der Waals surface area contributed by atoms with Gasteiger partial charge in [0.1, 0.15) is 11.5 Å². The summed E-state index contributed by atoms with van der Waals surface area (Å²) in [4.78, 5) is 0. The summed E-state index contributed by atoms with van der Waals surface area (Å²) >= 11 is 0. The van der Waals surface area contributed by atoms with Crippen LogP contribution in [0.2, 0.25) is 0 Å². The van der Waals surface area contributed by atoms with E-state index in [1.54, 1.807) is 0 Å². The van der Waals surface area contributed by atoms with E-state index in [4.69, 9.17) is 0 Å². The van der Waals surface area contributed by atoms with Crippen LogP contribution in [0.4, 0.5) is 0 Å². The first kappa shape index (κ1) is 16.9. The zero-order valence-corrected chi connectivity index (χ0v) is 15.2. The van der Waals surface area contributed by atoms with Crippen molar-refractivity contribution in [3.8, 4) is 11.5 Å². The summed E-state index contributed by atoms with van der Waals surface area (Å²) in [6.07, 6.45) is 4.90. The van der Waals surface area contributed by atoms with Crippen LogP contribution in [0.5, 0.6) is 11.5 Å². The molecule has 2 unspecified atom stereocenters. The van der Waals surface area contributed by atoms with Gasteiger partial charge in [0.2, 0.25) is 0 Å². The molecule has 2 nitrogen and oxygen atoms in total. The Hall–Kier alpha value is -1.96. The van der Waals surface area contributed by atoms with E-state index in [-0.39, 0.29) is 0 Å². The summed E-state index contributed by atoms with van der Waals surface area (Å²) in [5, 5.41) is 20.2. The number of benzene rings is 2. The van der Waals surface area contributed by atoms with Gasteiger partial charge in [-0.05, 0) is 85.8 Å². The molecule has 2 atom stereocenters. The summed E-state index contributed by atoms with van der Waals surface area (Å²) in [6, 6.07) is 8.63. The average molecular weight is 324 g/mol. The van der Waals surface area contributed by atoms with Crippen molar-refractivity contribution in [1.82, 2.24) is 0 Å². The fraction of sp³-hybridized carbons (Fsp3) is 0.455. The van der Waals surface area contributed by atoms with Crippen LogP contribution in [0.15, 0.2) is 24.3 Å². The molecule has 2 N–H and O–H groups in total. The minimum atomic E-state index is 0.419. The average Bonchev–Trinajstić information content (AvgIpc) is 2.56. The number of aromatic hydroxyl groups is 2. The first-order valence-electron chi connectivity index (χ1n) is 8.98. The van der Waals surface area contributed by atoms with Crippen molar-refractivity contribution in [2.24, 2.45) is 0 Å². The maximum atomic E-state index is 10.1. The standard InChI is InChI=1S/C22H28O2/c1-13-9-17(10-14(2)21(13)23)19-7-5-6-8-20(19)18-11-15(3)22(24)16(4)12-18/h9-12,19-20,23-24H,5-8H2,1-4H3. The number of phenolic OH excluding ortho intramolecular Hbond substituents is 2. The zero-order chi connectivity index (χ0) is 17.4. The van der Waals surface area contributed by atoms with Crippen LogP contribution < -0.4 is 0 Å². The van der Waals surface area contributed by atoms with Crippen LogP contribution in [-0.4, -0.2) is 10.2 Å². The molecule has 2 heteroatoms. The molecule has 0 saturated heterocycles. The highest BCUT2D eigenvalue weighted by molar-refractivity contribution is 5.47. The molecule has 24 heavy (non-hydrogen) atoms. The van der Waals surface area contributed by atoms with E-state index in [0.717, 1.165) is 22.3 Å². The second-order valence-electron chi connectivity index (χ2n) is 7.50. The molecule has 0 aliphatic heterocycles. The lowest BCUT2D eigenvalue weighted by molar-refractivity contribution is 0.384. The van der Waals surface area contributed by atoms with Crippen LogP contribution in [0.1, 0.15) is 70.9 Å². The van der Waals surface area contributed by atoms with E-state index in [2.05, 4.69) is 24.3 Å². The van der Waals surface area contributed by atoms with Gasteiger partial charge in [0.25, 0.3) is 0 Å². The molecule has 2 aromatic rings. The largest absolute Gasteiger partial charge is 0.507 e. The van der Waals surface area contributed by atoms with Crippen LogP contribution in [-0.2, 0) is 0 Å². The van der Waals surface area contributed by atoms with Crippen molar-refractivity contribution in [2.45, 2.75) is 65.2 Å². The van der Waals surface area contributed by atoms with Gasteiger partial charge in [-0.25, -0.2) is 0 Å². The first-order valence-corrected chi connectivity index (χ1v) is 8.98. The molecule has 1 aliphatic rings. The molecule has 128 valence electrons. The van der Waals surface area contributed by atoms with Gasteiger partial charge in [0.15, 0.2) is 0 Å². The molecular formula is C22H28O2. The quantitative estimate of drug-likeness (QED) is 0.736. The third kappa shape index (κ3) is 3.02. The second-order valence-corrected chi connectivity index (χ2v) is 7.50. The topological polar surface area (TPSA) is 40.5 Å². The highest BCUT2D eigenvalue weighted by atomic mass is 16.3. The Morgan fingerprint density at radius 2 is 0.917 bits per heavy atom. The molecular weight excluding hydrogens is 296 g/mol. The van der Waals surface area contributed by atoms with Crippen molar-refractivity contribution in [3.63, 3.8) is 0 Å². The highest BCUT2D eigenvalue weighted by Gasteiger charge is 2.29. The van der Waals surface area contributed by atoms with Crippen LogP contribution in [0, 0.1) is 27.7 Å². The van der Waals surface area contributed by atoms with Crippen LogP contribution >= 0.6 is 0 Å². The van der Waals surface area contributed by atoms with E-state index >= 15 is 0 Å². The maximum absolute atomic E-state index is 10.1. The Morgan fingerprint density at radius 1 is 0.625 bits per heavy atom. The number of phenols is 2. The van der Waals surface area contributed by atoms with E-state index in [0.29, 0.717) is 23.3 Å². The predicted octanol–water partition coefficient (Wildman–Crippen LogP) is 5.77. The van der Waals surface area contributed by atoms with Gasteiger partial charge in [-0.1, -0.05) is 37.1 Å². The summed E-state index contributed by atoms with van der Waals surface area (Å²) in [5.74, 6) is 1.81. The number of hydrogen-bond acceptors (Lipinski definition) is 2. The summed E-state index contributed by atoms with van der Waals surface area (Å²) < 4.78 is 0. The van der Waals surface area contributed by atoms with Gasteiger partial charge in [0.05, 0.1) is 0 Å². The monoisotopic (exact) mass is 324 g/mol. The number of rotatable bonds is 2. The van der Waals surface area contributed by atoms with Gasteiger partial charge in [-0.2, -0.15) is 0 Å². The lowest BCUT2D eigenvalue weighted by Crippen LogP contribution is -2.17. The van der Waals surface area contributed by atoms with Crippen LogP contribution in [0.25, 0.3) is 0 Å². The maximum Gasteiger partial charge on any atom is 0.121 e. The molecule has 0 amide bonds. The van der Waals surface area contributed by atoms with E-state index in [1.165, 1.54) is 36.8 Å². The minimum absolute atomic E-state index is 0.419. The highest BCUT2D eigenvalue weighted by Crippen LogP contribution is 2.46. The normalized spacial score (nSPS) is 21.0. The second kappa shape index (κ2) is 6.51. The Morgan fingerprint density at radius 3 is 1.21 bits per heavy atom. The van der Waals surface area contributed by atoms with E-state index in [1.807, 2.05) is 27.7 Å². The van der Waals surface area contributed by atoms with Crippen LogP contribution in [0.3, 0.4) is 0 Å². The number of hydrogen-bond donors (Lipinski definition) is 2. The molecule has 2 aromatic carbocycles. The van der Waals surface area contributed by atoms with Crippen molar-refractivity contribution in [1.29, 1.82) is 0 Å². The fourth-order valence-electron chi connectivity index (χ4n) is 4.34. The van der Waals surface area contributed by atoms with E-state index in [9.17, 15) is 10.2 Å². The molecule has 0 heterocycles. The smallest absolute Gasteiger partial charge is 0.121 e. The lowest BCUT2D eigenvalue weighted by Gasteiger charge is -2.33. The molecule has 0 spiro atoms. The first-order chi connectivity index (χ1) is 11.4. The predicted molar refractivity (Wildman–Crippen MR) is 99.1 cm³/mol. The summed E-state index contributed by atoms with van der Waals surface area (Å²) in [7, 11) is 0. The molecule has 0 radical (unpaired) electrons. The van der Waals surface area contributed by atoms with Crippen molar-refractivity contribution >= 4 is 0 Å². The molecule has 1 aliphatic carbocycles. The van der Waals surface area contributed by atoms with Crippen molar-refractivity contribution in [3.05, 3.63) is 57.6 Å². The Kier molecular flexibility index (Phi) is 4.58. The molecule has 1 saturated carbocycles. The minimum Gasteiger partial charge on any atom is -0.507 e. The lowest BCUT2D eigenvalue weighted by atomic mass is 9.71. The van der Waals surface area contributed by atoms with Gasteiger partial charge < -0.3 is 10.2 Å². The van der Waals surface area contributed by atoms with Crippen molar-refractivity contribution < 1.29 is 10.2 Å². The molecule has 1 fully saturated rings. The summed E-state index contributed by atoms with van der Waals surface area (Å²) in [5.41, 5.74) is 6.55. The van der Waals surface area contributed by atoms with Crippen molar-refractivity contribution in [2.75, 3.05) is 0 Å². The third-order valence-corrected chi connectivity index (χ3v) is 5.65. The van der Waals surface area contributed by atoms with Gasteiger partial charge >= 0.3 is 0 Å². The summed E-state index contributed by atoms with van der Waals surface area (Å²) in [6.45, 7) is 7.94. The Balaban J connectivity index is 2.03. The third-order valence-electron chi connectivity index (χ3n) is 5.65. The fourth-order valence-corrected chi connectivity index (χ4v) is 4.34. The molecule has 0 bridgehead atoms. The van der Waals surface area contributed by atoms with Gasteiger partial charge in [-0.15, -0.1) is 0 Å². The Labute approximate surface area is 145 Å². The SMILES string of the molecule is Cc1cc(C2CCCCC2c2cc(C)c(O)c(C)c2)cc(C)c1O.